The Morgan fingerprint density at radius 3 is 2.70 bits per heavy atom. The summed E-state index contributed by atoms with van der Waals surface area (Å²) in [6.45, 7) is 2.02. The number of aryl methyl sites for hydroxylation is 1. The molecule has 5 heteroatoms. The monoisotopic (exact) mass is 342 g/mol. The normalized spacial score (nSPS) is 10.7. The van der Waals surface area contributed by atoms with Crippen LogP contribution in [0.25, 0.3) is 5.69 Å². The molecule has 3 nitrogen and oxygen atoms in total. The minimum absolute atomic E-state index is 0.108. The van der Waals surface area contributed by atoms with Crippen LogP contribution >= 0.6 is 23.4 Å². The predicted molar refractivity (Wildman–Crippen MR) is 95.6 cm³/mol. The fourth-order valence-corrected chi connectivity index (χ4v) is 3.23. The van der Waals surface area contributed by atoms with Gasteiger partial charge in [-0.15, -0.1) is 0 Å². The van der Waals surface area contributed by atoms with Crippen molar-refractivity contribution in [2.45, 2.75) is 17.7 Å². The van der Waals surface area contributed by atoms with E-state index in [2.05, 4.69) is 4.98 Å². The van der Waals surface area contributed by atoms with Crippen LogP contribution in [0.2, 0.25) is 5.02 Å². The third-order valence-electron chi connectivity index (χ3n) is 3.39. The molecule has 3 aromatic rings. The number of benzene rings is 2. The summed E-state index contributed by atoms with van der Waals surface area (Å²) in [4.78, 5) is 16.8. The van der Waals surface area contributed by atoms with E-state index in [4.69, 9.17) is 11.6 Å². The zero-order valence-corrected chi connectivity index (χ0v) is 14.1. The molecule has 0 aliphatic carbocycles. The fraction of sp³-hybridized carbons (Fsp3) is 0.111. The van der Waals surface area contributed by atoms with E-state index in [1.165, 1.54) is 11.8 Å². The third-order valence-corrected chi connectivity index (χ3v) is 4.65. The largest absolute Gasteiger partial charge is 0.287 e. The van der Waals surface area contributed by atoms with Crippen molar-refractivity contribution >= 4 is 23.4 Å². The van der Waals surface area contributed by atoms with Crippen molar-refractivity contribution in [2.24, 2.45) is 0 Å². The molecule has 0 bridgehead atoms. The van der Waals surface area contributed by atoms with E-state index in [9.17, 15) is 4.79 Å². The lowest BCUT2D eigenvalue weighted by Crippen LogP contribution is -2.20. The molecule has 0 spiro atoms. The van der Waals surface area contributed by atoms with Gasteiger partial charge in [0.05, 0.1) is 0 Å². The molecule has 116 valence electrons. The molecule has 1 aromatic heterocycles. The van der Waals surface area contributed by atoms with E-state index in [0.29, 0.717) is 15.8 Å². The molecule has 3 rings (SSSR count). The van der Waals surface area contributed by atoms with Crippen molar-refractivity contribution < 1.29 is 0 Å². The maximum Gasteiger partial charge on any atom is 0.287 e. The number of thioether (sulfide) groups is 1. The summed E-state index contributed by atoms with van der Waals surface area (Å²) >= 11 is 7.40. The standard InChI is InChI=1S/C18H15ClN2OS/c1-13-5-7-16(8-6-13)21-10-9-20-17(18(21)22)23-12-14-3-2-4-15(19)11-14/h2-11H,12H2,1H3. The van der Waals surface area contributed by atoms with Crippen LogP contribution in [0.1, 0.15) is 11.1 Å². The van der Waals surface area contributed by atoms with Crippen LogP contribution in [0.5, 0.6) is 0 Å². The summed E-state index contributed by atoms with van der Waals surface area (Å²) in [5.41, 5.74) is 2.96. The molecule has 0 saturated carbocycles. The van der Waals surface area contributed by atoms with Crippen LogP contribution in [0.15, 0.2) is 70.7 Å². The molecule has 0 aliphatic heterocycles. The molecule has 1 heterocycles. The van der Waals surface area contributed by atoms with Gasteiger partial charge in [-0.3, -0.25) is 9.36 Å². The molecule has 0 unspecified atom stereocenters. The summed E-state index contributed by atoms with van der Waals surface area (Å²) < 4.78 is 1.62. The minimum Gasteiger partial charge on any atom is -0.280 e. The van der Waals surface area contributed by atoms with Gasteiger partial charge in [-0.1, -0.05) is 53.2 Å². The molecule has 0 fully saturated rings. The molecule has 2 aromatic carbocycles. The summed E-state index contributed by atoms with van der Waals surface area (Å²) in [7, 11) is 0. The molecule has 0 N–H and O–H groups in total. The maximum atomic E-state index is 12.6. The molecule has 0 aliphatic rings. The van der Waals surface area contributed by atoms with Crippen molar-refractivity contribution in [3.05, 3.63) is 87.4 Å². The Kier molecular flexibility index (Phi) is 4.84. The highest BCUT2D eigenvalue weighted by Gasteiger charge is 2.07. The van der Waals surface area contributed by atoms with Crippen LogP contribution < -0.4 is 5.56 Å². The lowest BCUT2D eigenvalue weighted by Gasteiger charge is -2.08. The molecule has 0 atom stereocenters. The minimum atomic E-state index is -0.108. The van der Waals surface area contributed by atoms with E-state index in [0.717, 1.165) is 16.8 Å². The van der Waals surface area contributed by atoms with Gasteiger partial charge < -0.3 is 0 Å². The second-order valence-corrected chi connectivity index (χ2v) is 6.56. The Hall–Kier alpha value is -2.04. The van der Waals surface area contributed by atoms with Crippen LogP contribution in [-0.2, 0) is 5.75 Å². The first kappa shape index (κ1) is 15.8. The van der Waals surface area contributed by atoms with Crippen LogP contribution in [0, 0.1) is 6.92 Å². The summed E-state index contributed by atoms with van der Waals surface area (Å²) in [6.07, 6.45) is 3.35. The van der Waals surface area contributed by atoms with Crippen LogP contribution in [-0.4, -0.2) is 9.55 Å². The first-order valence-electron chi connectivity index (χ1n) is 7.15. The second-order valence-electron chi connectivity index (χ2n) is 5.16. The highest BCUT2D eigenvalue weighted by atomic mass is 35.5. The predicted octanol–water partition coefficient (Wildman–Crippen LogP) is 4.49. The summed E-state index contributed by atoms with van der Waals surface area (Å²) in [5.74, 6) is 0.653. The van der Waals surface area contributed by atoms with Gasteiger partial charge in [0.15, 0.2) is 5.03 Å². The highest BCUT2D eigenvalue weighted by Crippen LogP contribution is 2.20. The van der Waals surface area contributed by atoms with Crippen molar-refractivity contribution in [1.82, 2.24) is 9.55 Å². The quantitative estimate of drug-likeness (QED) is 0.655. The van der Waals surface area contributed by atoms with Crippen molar-refractivity contribution in [3.8, 4) is 5.69 Å². The second kappa shape index (κ2) is 7.02. The average Bonchev–Trinajstić information content (AvgIpc) is 2.55. The smallest absolute Gasteiger partial charge is 0.280 e. The van der Waals surface area contributed by atoms with Crippen LogP contribution in [0.3, 0.4) is 0 Å². The first-order valence-corrected chi connectivity index (χ1v) is 8.52. The Bertz CT molecular complexity index is 875. The Morgan fingerprint density at radius 2 is 1.96 bits per heavy atom. The Morgan fingerprint density at radius 1 is 1.17 bits per heavy atom. The third kappa shape index (κ3) is 3.84. The molecule has 0 amide bonds. The van der Waals surface area contributed by atoms with Crippen molar-refractivity contribution in [3.63, 3.8) is 0 Å². The summed E-state index contributed by atoms with van der Waals surface area (Å²) in [6, 6.07) is 15.5. The number of hydrogen-bond donors (Lipinski definition) is 0. The van der Waals surface area contributed by atoms with E-state index in [1.807, 2.05) is 55.5 Å². The van der Waals surface area contributed by atoms with Crippen molar-refractivity contribution in [1.29, 1.82) is 0 Å². The number of nitrogens with zero attached hydrogens (tertiary/aromatic N) is 2. The molecular weight excluding hydrogens is 328 g/mol. The lowest BCUT2D eigenvalue weighted by atomic mass is 10.2. The molecule has 23 heavy (non-hydrogen) atoms. The van der Waals surface area contributed by atoms with Gasteiger partial charge in [0.1, 0.15) is 0 Å². The molecule has 0 saturated heterocycles. The number of hydrogen-bond acceptors (Lipinski definition) is 3. The van der Waals surface area contributed by atoms with Crippen LogP contribution in [0.4, 0.5) is 0 Å². The van der Waals surface area contributed by atoms with Gasteiger partial charge in [0.25, 0.3) is 5.56 Å². The van der Waals surface area contributed by atoms with Gasteiger partial charge >= 0.3 is 0 Å². The van der Waals surface area contributed by atoms with Gasteiger partial charge in [-0.05, 0) is 36.8 Å². The molecular formula is C18H15ClN2OS. The maximum absolute atomic E-state index is 12.6. The van der Waals surface area contributed by atoms with Gasteiger partial charge in [-0.25, -0.2) is 4.98 Å². The number of rotatable bonds is 4. The Labute approximate surface area is 144 Å². The topological polar surface area (TPSA) is 34.9 Å². The van der Waals surface area contributed by atoms with E-state index < -0.39 is 0 Å². The van der Waals surface area contributed by atoms with Gasteiger partial charge in [-0.2, -0.15) is 0 Å². The van der Waals surface area contributed by atoms with E-state index in [-0.39, 0.29) is 5.56 Å². The highest BCUT2D eigenvalue weighted by molar-refractivity contribution is 7.98. The SMILES string of the molecule is Cc1ccc(-n2ccnc(SCc3cccc(Cl)c3)c2=O)cc1. The fourth-order valence-electron chi connectivity index (χ4n) is 2.18. The number of aromatic nitrogens is 2. The van der Waals surface area contributed by atoms with Gasteiger partial charge in [0, 0.05) is 28.9 Å². The van der Waals surface area contributed by atoms with Gasteiger partial charge in [0.2, 0.25) is 0 Å². The van der Waals surface area contributed by atoms with E-state index >= 15 is 0 Å². The van der Waals surface area contributed by atoms with E-state index in [1.54, 1.807) is 17.0 Å². The summed E-state index contributed by atoms with van der Waals surface area (Å²) in [5, 5.41) is 1.18. The zero-order valence-electron chi connectivity index (χ0n) is 12.6. The lowest BCUT2D eigenvalue weighted by molar-refractivity contribution is 0.882. The average molecular weight is 343 g/mol. The molecule has 0 radical (unpaired) electrons. The zero-order chi connectivity index (χ0) is 16.2. The van der Waals surface area contributed by atoms with Crippen molar-refractivity contribution in [2.75, 3.05) is 0 Å². The first-order chi connectivity index (χ1) is 11.1. The Balaban J connectivity index is 1.85. The number of halogens is 1.